The van der Waals surface area contributed by atoms with E-state index in [1.807, 2.05) is 38.1 Å². The molecule has 0 unspecified atom stereocenters. The molecular formula is C19H15N3O2S. The third-order valence-electron chi connectivity index (χ3n) is 4.16. The zero-order chi connectivity index (χ0) is 17.6. The Morgan fingerprint density at radius 1 is 1.12 bits per heavy atom. The summed E-state index contributed by atoms with van der Waals surface area (Å²) in [4.78, 5) is 30.8. The molecule has 0 saturated carbocycles. The maximum Gasteiger partial charge on any atom is 0.266 e. The summed E-state index contributed by atoms with van der Waals surface area (Å²) in [5.74, 6) is -0.228. The summed E-state index contributed by atoms with van der Waals surface area (Å²) in [5.41, 5.74) is 3.21. The monoisotopic (exact) mass is 349 g/mol. The predicted molar refractivity (Wildman–Crippen MR) is 101 cm³/mol. The number of aromatic nitrogens is 2. The second-order valence-corrected chi connectivity index (χ2v) is 6.93. The predicted octanol–water partition coefficient (Wildman–Crippen LogP) is 3.78. The average molecular weight is 349 g/mol. The molecule has 4 aromatic rings. The number of carbonyl (C=O) groups excluding carboxylic acids is 1. The zero-order valence-electron chi connectivity index (χ0n) is 13.7. The van der Waals surface area contributed by atoms with Gasteiger partial charge in [-0.05, 0) is 43.2 Å². The second-order valence-electron chi connectivity index (χ2n) is 5.90. The molecule has 3 heterocycles. The van der Waals surface area contributed by atoms with Gasteiger partial charge in [0.25, 0.3) is 11.5 Å². The van der Waals surface area contributed by atoms with Crippen LogP contribution < -0.4 is 10.9 Å². The highest BCUT2D eigenvalue weighted by Crippen LogP contribution is 2.25. The largest absolute Gasteiger partial charge is 0.321 e. The van der Waals surface area contributed by atoms with Crippen molar-refractivity contribution in [3.8, 4) is 0 Å². The van der Waals surface area contributed by atoms with Crippen molar-refractivity contribution in [2.75, 3.05) is 5.32 Å². The molecule has 0 atom stereocenters. The number of hydrogen-bond acceptors (Lipinski definition) is 4. The number of hydrogen-bond donors (Lipinski definition) is 1. The zero-order valence-corrected chi connectivity index (χ0v) is 14.6. The number of benzene rings is 1. The fourth-order valence-electron chi connectivity index (χ4n) is 2.85. The van der Waals surface area contributed by atoms with Gasteiger partial charge >= 0.3 is 0 Å². The van der Waals surface area contributed by atoms with E-state index in [1.165, 1.54) is 15.7 Å². The molecule has 0 fully saturated rings. The molecule has 3 aromatic heterocycles. The van der Waals surface area contributed by atoms with Gasteiger partial charge in [-0.2, -0.15) is 0 Å². The summed E-state index contributed by atoms with van der Waals surface area (Å²) in [6.07, 6.45) is 1.68. The van der Waals surface area contributed by atoms with Crippen molar-refractivity contribution in [1.29, 1.82) is 0 Å². The maximum absolute atomic E-state index is 12.7. The van der Waals surface area contributed by atoms with Crippen LogP contribution in [0.15, 0.2) is 53.5 Å². The van der Waals surface area contributed by atoms with E-state index in [4.69, 9.17) is 0 Å². The minimum Gasteiger partial charge on any atom is -0.321 e. The van der Waals surface area contributed by atoms with E-state index in [2.05, 4.69) is 10.3 Å². The number of para-hydroxylation sites is 1. The number of nitrogens with zero attached hydrogens (tertiary/aromatic N) is 2. The number of nitrogens with one attached hydrogen (secondary N) is 1. The summed E-state index contributed by atoms with van der Waals surface area (Å²) in [7, 11) is 0. The smallest absolute Gasteiger partial charge is 0.266 e. The van der Waals surface area contributed by atoms with Crippen LogP contribution in [0.25, 0.3) is 15.9 Å². The van der Waals surface area contributed by atoms with E-state index < -0.39 is 0 Å². The van der Waals surface area contributed by atoms with Crippen molar-refractivity contribution >= 4 is 38.8 Å². The lowest BCUT2D eigenvalue weighted by Crippen LogP contribution is -2.14. The molecule has 5 nitrogen and oxygen atoms in total. The molecule has 124 valence electrons. The van der Waals surface area contributed by atoms with Gasteiger partial charge < -0.3 is 5.32 Å². The molecule has 25 heavy (non-hydrogen) atoms. The van der Waals surface area contributed by atoms with Crippen LogP contribution in [0.1, 0.15) is 20.8 Å². The fourth-order valence-corrected chi connectivity index (χ4v) is 3.77. The van der Waals surface area contributed by atoms with Gasteiger partial charge in [0.1, 0.15) is 10.5 Å². The normalized spacial score (nSPS) is 11.1. The summed E-state index contributed by atoms with van der Waals surface area (Å²) in [6.45, 7) is 3.91. The number of aryl methyl sites for hydroxylation is 2. The third-order valence-corrected chi connectivity index (χ3v) is 5.19. The van der Waals surface area contributed by atoms with Crippen LogP contribution in [0.4, 0.5) is 5.69 Å². The first-order valence-corrected chi connectivity index (χ1v) is 8.65. The molecule has 4 rings (SSSR count). The Balaban J connectivity index is 1.79. The minimum absolute atomic E-state index is 0.164. The molecule has 1 aromatic carbocycles. The summed E-state index contributed by atoms with van der Waals surface area (Å²) in [5, 5.41) is 3.41. The van der Waals surface area contributed by atoms with E-state index in [1.54, 1.807) is 24.4 Å². The topological polar surface area (TPSA) is 63.5 Å². The van der Waals surface area contributed by atoms with Crippen LogP contribution in [0.2, 0.25) is 0 Å². The van der Waals surface area contributed by atoms with Crippen LogP contribution in [-0.2, 0) is 0 Å². The van der Waals surface area contributed by atoms with E-state index in [-0.39, 0.29) is 11.5 Å². The molecule has 0 aliphatic heterocycles. The quantitative estimate of drug-likeness (QED) is 0.599. The first kappa shape index (κ1) is 15.5. The highest BCUT2D eigenvalue weighted by molar-refractivity contribution is 7.20. The Labute approximate surface area is 147 Å². The molecule has 0 aliphatic carbocycles. The number of carbonyl (C=O) groups is 1. The molecule has 0 radical (unpaired) electrons. The second kappa shape index (κ2) is 5.82. The minimum atomic E-state index is -0.228. The summed E-state index contributed by atoms with van der Waals surface area (Å²) < 4.78 is 1.49. The molecule has 0 spiro atoms. The summed E-state index contributed by atoms with van der Waals surface area (Å²) in [6, 6.07) is 12.9. The van der Waals surface area contributed by atoms with Gasteiger partial charge in [-0.15, -0.1) is 11.3 Å². The Hall–Kier alpha value is -2.99. The fraction of sp³-hybridized carbons (Fsp3) is 0.105. The van der Waals surface area contributed by atoms with Gasteiger partial charge in [0.05, 0.1) is 10.3 Å². The van der Waals surface area contributed by atoms with Gasteiger partial charge in [-0.3, -0.25) is 14.0 Å². The Morgan fingerprint density at radius 2 is 1.88 bits per heavy atom. The van der Waals surface area contributed by atoms with Crippen LogP contribution in [0.3, 0.4) is 0 Å². The number of pyridine rings is 1. The van der Waals surface area contributed by atoms with Gasteiger partial charge in [0, 0.05) is 11.9 Å². The lowest BCUT2D eigenvalue weighted by atomic mass is 10.1. The molecule has 0 aliphatic rings. The average Bonchev–Trinajstić information content (AvgIpc) is 3.03. The Morgan fingerprint density at radius 3 is 2.64 bits per heavy atom. The molecule has 1 N–H and O–H groups in total. The van der Waals surface area contributed by atoms with Gasteiger partial charge in [-0.25, -0.2) is 4.98 Å². The molecule has 1 amide bonds. The maximum atomic E-state index is 12.7. The van der Waals surface area contributed by atoms with Crippen molar-refractivity contribution in [3.05, 3.63) is 75.0 Å². The van der Waals surface area contributed by atoms with Crippen molar-refractivity contribution in [2.45, 2.75) is 13.8 Å². The highest BCUT2D eigenvalue weighted by Gasteiger charge is 2.16. The van der Waals surface area contributed by atoms with Crippen LogP contribution in [-0.4, -0.2) is 15.3 Å². The van der Waals surface area contributed by atoms with E-state index in [0.29, 0.717) is 20.7 Å². The van der Waals surface area contributed by atoms with E-state index >= 15 is 0 Å². The first-order chi connectivity index (χ1) is 12.0. The highest BCUT2D eigenvalue weighted by atomic mass is 32.1. The SMILES string of the molecule is Cc1cccc(C)c1NC(=O)c1cc2c(=O)n3ccccc3nc2s1. The lowest BCUT2D eigenvalue weighted by Gasteiger charge is -2.10. The van der Waals surface area contributed by atoms with Crippen molar-refractivity contribution in [3.63, 3.8) is 0 Å². The molecule has 0 bridgehead atoms. The number of fused-ring (bicyclic) bond motifs is 2. The van der Waals surface area contributed by atoms with Crippen molar-refractivity contribution < 1.29 is 4.79 Å². The first-order valence-electron chi connectivity index (χ1n) is 7.83. The van der Waals surface area contributed by atoms with E-state index in [9.17, 15) is 9.59 Å². The molecule has 6 heteroatoms. The molecular weight excluding hydrogens is 334 g/mol. The number of thiophene rings is 1. The van der Waals surface area contributed by atoms with Crippen LogP contribution in [0.5, 0.6) is 0 Å². The van der Waals surface area contributed by atoms with Crippen LogP contribution in [0, 0.1) is 13.8 Å². The van der Waals surface area contributed by atoms with Crippen molar-refractivity contribution in [1.82, 2.24) is 9.38 Å². The van der Waals surface area contributed by atoms with Crippen LogP contribution >= 0.6 is 11.3 Å². The number of rotatable bonds is 2. The standard InChI is InChI=1S/C19H15N3O2S/c1-11-6-5-7-12(2)16(11)21-17(23)14-10-13-18(25-14)20-15-8-3-4-9-22(15)19(13)24/h3-10H,1-2H3,(H,21,23). The third kappa shape index (κ3) is 2.60. The van der Waals surface area contributed by atoms with Gasteiger partial charge in [0.2, 0.25) is 0 Å². The van der Waals surface area contributed by atoms with Crippen molar-refractivity contribution in [2.24, 2.45) is 0 Å². The number of anilines is 1. The lowest BCUT2D eigenvalue weighted by molar-refractivity contribution is 0.103. The Bertz CT molecular complexity index is 1170. The van der Waals surface area contributed by atoms with E-state index in [0.717, 1.165) is 16.8 Å². The molecule has 0 saturated heterocycles. The van der Waals surface area contributed by atoms with Gasteiger partial charge in [0.15, 0.2) is 0 Å². The van der Waals surface area contributed by atoms with Gasteiger partial charge in [-0.1, -0.05) is 24.3 Å². The summed E-state index contributed by atoms with van der Waals surface area (Å²) >= 11 is 1.23. The Kier molecular flexibility index (Phi) is 3.62. The number of amides is 1.